The third kappa shape index (κ3) is 2.52. The van der Waals surface area contributed by atoms with Gasteiger partial charge in [0, 0.05) is 42.6 Å². The molecule has 1 aliphatic heterocycles. The van der Waals surface area contributed by atoms with Gasteiger partial charge in [-0.2, -0.15) is 4.37 Å². The molecule has 1 aromatic rings. The van der Waals surface area contributed by atoms with Crippen molar-refractivity contribution in [2.45, 2.75) is 39.2 Å². The molecule has 16 heavy (non-hydrogen) atoms. The molecule has 1 N–H and O–H groups in total. The fraction of sp³-hybridized carbons (Fsp3) is 0.818. The Morgan fingerprint density at radius 3 is 2.75 bits per heavy atom. The average Bonchev–Trinajstić information content (AvgIpc) is 2.65. The number of hydrogen-bond donors (Lipinski definition) is 1. The summed E-state index contributed by atoms with van der Waals surface area (Å²) in [7, 11) is 0. The molecule has 0 radical (unpaired) electrons. The van der Waals surface area contributed by atoms with E-state index in [1.807, 2.05) is 0 Å². The molecule has 1 aliphatic rings. The summed E-state index contributed by atoms with van der Waals surface area (Å²) in [6.45, 7) is 11.8. The van der Waals surface area contributed by atoms with Crippen LogP contribution in [-0.4, -0.2) is 35.0 Å². The molecule has 0 spiro atoms. The van der Waals surface area contributed by atoms with Crippen molar-refractivity contribution in [1.29, 1.82) is 0 Å². The summed E-state index contributed by atoms with van der Waals surface area (Å²) in [6.07, 6.45) is 0. The van der Waals surface area contributed by atoms with Crippen molar-refractivity contribution >= 4 is 16.7 Å². The molecule has 90 valence electrons. The molecule has 2 heterocycles. The molecular weight excluding hydrogens is 220 g/mol. The highest BCUT2D eigenvalue weighted by Gasteiger charge is 2.23. The lowest BCUT2D eigenvalue weighted by Crippen LogP contribution is -2.49. The van der Waals surface area contributed by atoms with E-state index in [9.17, 15) is 0 Å². The minimum absolute atomic E-state index is 0.0500. The lowest BCUT2D eigenvalue weighted by Gasteiger charge is -2.31. The van der Waals surface area contributed by atoms with Crippen LogP contribution >= 0.6 is 11.5 Å². The summed E-state index contributed by atoms with van der Waals surface area (Å²) in [5.41, 5.74) is 0.0500. The average molecular weight is 240 g/mol. The monoisotopic (exact) mass is 240 g/mol. The Labute approximate surface area is 101 Å². The predicted molar refractivity (Wildman–Crippen MR) is 68.3 cm³/mol. The lowest BCUT2D eigenvalue weighted by atomic mass is 9.96. The molecule has 5 heteroatoms. The third-order valence-electron chi connectivity index (χ3n) is 2.73. The zero-order valence-electron chi connectivity index (χ0n) is 10.4. The third-order valence-corrected chi connectivity index (χ3v) is 3.50. The Balaban J connectivity index is 2.12. The largest absolute Gasteiger partial charge is 0.344 e. The Morgan fingerprint density at radius 2 is 2.19 bits per heavy atom. The maximum atomic E-state index is 4.65. The summed E-state index contributed by atoms with van der Waals surface area (Å²) in [6, 6.07) is 0.538. The van der Waals surface area contributed by atoms with Gasteiger partial charge in [-0.15, -0.1) is 0 Å². The minimum Gasteiger partial charge on any atom is -0.344 e. The van der Waals surface area contributed by atoms with Crippen molar-refractivity contribution < 1.29 is 0 Å². The molecular formula is C11H20N4S. The highest BCUT2D eigenvalue weighted by atomic mass is 32.1. The molecule has 2 rings (SSSR count). The van der Waals surface area contributed by atoms with Crippen LogP contribution in [0.4, 0.5) is 5.13 Å². The summed E-state index contributed by atoms with van der Waals surface area (Å²) in [4.78, 5) is 6.97. The molecule has 0 amide bonds. The van der Waals surface area contributed by atoms with E-state index in [2.05, 4.69) is 47.3 Å². The Kier molecular flexibility index (Phi) is 3.17. The van der Waals surface area contributed by atoms with Crippen molar-refractivity contribution in [1.82, 2.24) is 14.7 Å². The van der Waals surface area contributed by atoms with Crippen molar-refractivity contribution in [2.24, 2.45) is 0 Å². The zero-order chi connectivity index (χ0) is 11.8. The van der Waals surface area contributed by atoms with Gasteiger partial charge in [-0.1, -0.05) is 20.8 Å². The lowest BCUT2D eigenvalue weighted by molar-refractivity contribution is 0.483. The van der Waals surface area contributed by atoms with Gasteiger partial charge in [-0.3, -0.25) is 0 Å². The number of hydrogen-bond acceptors (Lipinski definition) is 5. The molecule has 1 atom stereocenters. The quantitative estimate of drug-likeness (QED) is 0.810. The van der Waals surface area contributed by atoms with Crippen LogP contribution in [0.25, 0.3) is 0 Å². The SMILES string of the molecule is C[C@H]1CN(c2nc(C(C)(C)C)ns2)CCN1. The summed E-state index contributed by atoms with van der Waals surface area (Å²) in [5, 5.41) is 4.50. The van der Waals surface area contributed by atoms with E-state index in [1.165, 1.54) is 11.5 Å². The topological polar surface area (TPSA) is 41.1 Å². The second kappa shape index (κ2) is 4.30. The Hall–Kier alpha value is -0.680. The van der Waals surface area contributed by atoms with Crippen molar-refractivity contribution in [2.75, 3.05) is 24.5 Å². The van der Waals surface area contributed by atoms with Gasteiger partial charge in [0.1, 0.15) is 5.82 Å². The van der Waals surface area contributed by atoms with Crippen LogP contribution in [0.2, 0.25) is 0 Å². The second-order valence-electron chi connectivity index (χ2n) is 5.45. The number of anilines is 1. The van der Waals surface area contributed by atoms with Crippen LogP contribution in [0.3, 0.4) is 0 Å². The van der Waals surface area contributed by atoms with Crippen LogP contribution in [0.5, 0.6) is 0 Å². The Morgan fingerprint density at radius 1 is 1.44 bits per heavy atom. The molecule has 0 saturated carbocycles. The second-order valence-corrected chi connectivity index (χ2v) is 6.18. The van der Waals surface area contributed by atoms with Crippen molar-refractivity contribution in [3.8, 4) is 0 Å². The van der Waals surface area contributed by atoms with Crippen molar-refractivity contribution in [3.05, 3.63) is 5.82 Å². The molecule has 1 saturated heterocycles. The van der Waals surface area contributed by atoms with Gasteiger partial charge >= 0.3 is 0 Å². The molecule has 1 fully saturated rings. The van der Waals surface area contributed by atoms with Gasteiger partial charge in [0.2, 0.25) is 5.13 Å². The summed E-state index contributed by atoms with van der Waals surface area (Å²) >= 11 is 1.52. The van der Waals surface area contributed by atoms with E-state index in [4.69, 9.17) is 0 Å². The van der Waals surface area contributed by atoms with E-state index in [0.29, 0.717) is 6.04 Å². The molecule has 0 unspecified atom stereocenters. The first-order chi connectivity index (χ1) is 7.47. The van der Waals surface area contributed by atoms with Gasteiger partial charge in [-0.25, -0.2) is 4.98 Å². The van der Waals surface area contributed by atoms with E-state index in [-0.39, 0.29) is 5.41 Å². The van der Waals surface area contributed by atoms with E-state index < -0.39 is 0 Å². The number of aromatic nitrogens is 2. The highest BCUT2D eigenvalue weighted by molar-refractivity contribution is 7.09. The maximum Gasteiger partial charge on any atom is 0.205 e. The van der Waals surface area contributed by atoms with Gasteiger partial charge in [-0.05, 0) is 6.92 Å². The Bertz CT molecular complexity index is 355. The molecule has 0 bridgehead atoms. The van der Waals surface area contributed by atoms with E-state index in [1.54, 1.807) is 0 Å². The normalized spacial score (nSPS) is 22.5. The zero-order valence-corrected chi connectivity index (χ0v) is 11.3. The first-order valence-corrected chi connectivity index (χ1v) is 6.56. The maximum absolute atomic E-state index is 4.65. The molecule has 0 aliphatic carbocycles. The number of piperazine rings is 1. The minimum atomic E-state index is 0.0500. The fourth-order valence-corrected chi connectivity index (χ4v) is 2.65. The number of rotatable bonds is 1. The molecule has 0 aromatic carbocycles. The van der Waals surface area contributed by atoms with Gasteiger partial charge in [0.25, 0.3) is 0 Å². The highest BCUT2D eigenvalue weighted by Crippen LogP contribution is 2.25. The van der Waals surface area contributed by atoms with Crippen LogP contribution in [0.1, 0.15) is 33.5 Å². The van der Waals surface area contributed by atoms with Gasteiger partial charge < -0.3 is 10.2 Å². The van der Waals surface area contributed by atoms with Crippen LogP contribution < -0.4 is 10.2 Å². The van der Waals surface area contributed by atoms with Crippen LogP contribution in [0, 0.1) is 0 Å². The first-order valence-electron chi connectivity index (χ1n) is 5.79. The van der Waals surface area contributed by atoms with E-state index >= 15 is 0 Å². The molecule has 4 nitrogen and oxygen atoms in total. The van der Waals surface area contributed by atoms with Crippen LogP contribution in [0.15, 0.2) is 0 Å². The van der Waals surface area contributed by atoms with Crippen molar-refractivity contribution in [3.63, 3.8) is 0 Å². The first kappa shape index (κ1) is 11.8. The number of nitrogens with one attached hydrogen (secondary N) is 1. The number of nitrogens with zero attached hydrogens (tertiary/aromatic N) is 3. The smallest absolute Gasteiger partial charge is 0.205 e. The van der Waals surface area contributed by atoms with Gasteiger partial charge in [0.15, 0.2) is 0 Å². The van der Waals surface area contributed by atoms with E-state index in [0.717, 1.165) is 30.6 Å². The fourth-order valence-electron chi connectivity index (χ4n) is 1.75. The predicted octanol–water partition coefficient (Wildman–Crippen LogP) is 1.63. The molecule has 1 aromatic heterocycles. The summed E-state index contributed by atoms with van der Waals surface area (Å²) in [5.74, 6) is 0.957. The van der Waals surface area contributed by atoms with Gasteiger partial charge in [0.05, 0.1) is 0 Å². The standard InChI is InChI=1S/C11H20N4S/c1-8-7-15(6-5-12-8)10-13-9(14-16-10)11(2,3)4/h8,12H,5-7H2,1-4H3/t8-/m0/s1. The van der Waals surface area contributed by atoms with Crippen LogP contribution in [-0.2, 0) is 5.41 Å². The summed E-state index contributed by atoms with van der Waals surface area (Å²) < 4.78 is 4.46.